The molecule has 3 rings (SSSR count). The summed E-state index contributed by atoms with van der Waals surface area (Å²) in [6.45, 7) is 7.63. The summed E-state index contributed by atoms with van der Waals surface area (Å²) in [6.07, 6.45) is -3.52. The normalized spacial score (nSPS) is 16.5. The Bertz CT molecular complexity index is 3020. The Balaban J connectivity index is 1.68. The number of phenols is 2. The topological polar surface area (TPSA) is 565 Å². The van der Waals surface area contributed by atoms with Gasteiger partial charge in [-0.05, 0) is 86.8 Å². The van der Waals surface area contributed by atoms with E-state index in [1.54, 1.807) is 39.8 Å². The maximum Gasteiger partial charge on any atom is 0.326 e. The number of nitrogens with two attached hydrogens (primary N) is 4. The van der Waals surface area contributed by atoms with E-state index in [0.29, 0.717) is 17.5 Å². The van der Waals surface area contributed by atoms with Crippen LogP contribution in [0.3, 0.4) is 0 Å². The van der Waals surface area contributed by atoms with E-state index in [9.17, 15) is 92.3 Å². The molecule has 13 atom stereocenters. The van der Waals surface area contributed by atoms with Crippen molar-refractivity contribution in [3.63, 3.8) is 0 Å². The molecule has 1 heterocycles. The number of benzene rings is 2. The highest BCUT2D eigenvalue weighted by Gasteiger charge is 2.42. The molecule has 0 aromatic heterocycles. The zero-order chi connectivity index (χ0) is 70.0. The number of nitrogens with zero attached hydrogens (tertiary/aromatic N) is 1. The molecule has 1 aliphatic rings. The predicted octanol–water partition coefficient (Wildman–Crippen LogP) is -6.09. The van der Waals surface area contributed by atoms with Gasteiger partial charge in [0, 0.05) is 19.4 Å². The number of phenolic OH excluding ortho intramolecular Hbond substituents is 2. The first kappa shape index (κ1) is 77.3. The highest BCUT2D eigenvalue weighted by Crippen LogP contribution is 2.21. The molecule has 1 fully saturated rings. The average Bonchev–Trinajstić information content (AvgIpc) is 1.82. The van der Waals surface area contributed by atoms with Gasteiger partial charge in [-0.2, -0.15) is 0 Å². The molecule has 2 aromatic rings. The number of carboxylic acid groups (broad SMARTS) is 1. The summed E-state index contributed by atoms with van der Waals surface area (Å²) in [7, 11) is 0. The van der Waals surface area contributed by atoms with Crippen LogP contribution < -0.4 is 76.1 Å². The van der Waals surface area contributed by atoms with Crippen molar-refractivity contribution < 1.29 is 92.3 Å². The SMILES string of the molecule is CC[C@H](C)[C@H](NC(=O)CNC(=O)CNC(=O)[C@H](Cc1ccc(O)cc1)NC(=O)[C@@H](NC(=O)[C@@H](N)Cc1ccc(O)cc1)[C@@H](C)CC)C(=O)N[C@H](C(=O)N1CCC[C@H]1C(=O)N[C@@H](C)C(=O)N[C@@H](CCC(N)=O)C(=O)N[C@@H](CC(N)=O)C(=O)N[C@@H](CC(N)=O)C(=O)O)[C@@H](C)O. The van der Waals surface area contributed by atoms with Gasteiger partial charge in [-0.25, -0.2) is 4.79 Å². The summed E-state index contributed by atoms with van der Waals surface area (Å²) < 4.78 is 0. The third-order valence-electron chi connectivity index (χ3n) is 15.2. The Morgan fingerprint density at radius 1 is 0.527 bits per heavy atom. The zero-order valence-corrected chi connectivity index (χ0v) is 52.5. The molecular weight excluding hydrogens is 1220 g/mol. The number of nitrogens with one attached hydrogen (secondary N) is 10. The number of amides is 14. The predicted molar refractivity (Wildman–Crippen MR) is 328 cm³/mol. The van der Waals surface area contributed by atoms with Crippen LogP contribution in [0.1, 0.15) is 104 Å². The number of aliphatic hydroxyl groups excluding tert-OH is 1. The van der Waals surface area contributed by atoms with Crippen molar-refractivity contribution in [2.45, 2.75) is 172 Å². The molecule has 0 bridgehead atoms. The monoisotopic (exact) mass is 1310 g/mol. The number of primary amides is 3. The Morgan fingerprint density at radius 3 is 1.53 bits per heavy atom. The van der Waals surface area contributed by atoms with Crippen LogP contribution >= 0.6 is 0 Å². The van der Waals surface area contributed by atoms with Gasteiger partial charge in [-0.15, -0.1) is 0 Å². The quantitative estimate of drug-likeness (QED) is 0.0297. The lowest BCUT2D eigenvalue weighted by atomic mass is 9.96. The fourth-order valence-electron chi connectivity index (χ4n) is 9.43. The van der Waals surface area contributed by atoms with Crippen molar-refractivity contribution in [1.82, 2.24) is 58.1 Å². The van der Waals surface area contributed by atoms with Crippen LogP contribution in [0.25, 0.3) is 0 Å². The van der Waals surface area contributed by atoms with Gasteiger partial charge in [0.15, 0.2) is 0 Å². The number of carbonyl (C=O) groups is 15. The van der Waals surface area contributed by atoms with E-state index in [4.69, 9.17) is 22.9 Å². The van der Waals surface area contributed by atoms with Crippen molar-refractivity contribution in [2.24, 2.45) is 34.8 Å². The molecule has 34 nitrogen and oxygen atoms in total. The van der Waals surface area contributed by atoms with Gasteiger partial charge in [0.05, 0.1) is 38.1 Å². The summed E-state index contributed by atoms with van der Waals surface area (Å²) in [4.78, 5) is 197. The maximum absolute atomic E-state index is 14.2. The fraction of sp³-hybridized carbons (Fsp3) is 0.542. The van der Waals surface area contributed by atoms with E-state index in [0.717, 1.165) is 4.90 Å². The molecule has 0 saturated carbocycles. The molecule has 0 radical (unpaired) electrons. The van der Waals surface area contributed by atoms with Gasteiger partial charge in [0.1, 0.15) is 65.9 Å². The standard InChI is InChI=1S/C59H87N15O19/c1-7-28(3)47(71-46(82)27-64-45(81)26-65-52(85)38(23-33-13-17-35(77)18-14-33)69-56(89)48(29(4)8-2)72-51(84)36(60)22-32-11-15-34(76)16-12-32)57(90)73-49(31(6)75)58(91)74-21-9-10-41(74)55(88)66-30(5)50(83)67-37(19-20-42(61)78)53(86)68-39(24-43(62)79)54(87)70-40(59(92)93)25-44(63)80/h11-18,28-31,36-41,47-49,75-77H,7-10,19-27,60H2,1-6H3,(H2,61,78)(H2,62,79)(H2,63,80)(H,64,81)(H,65,85)(H,66,88)(H,67,83)(H,68,86)(H,69,89)(H,70,87)(H,71,82)(H,72,84)(H,73,90)(H,92,93)/t28-,29-,30-,31+,36-,37-,38-,39-,40-,41-,47-,48-,49-/m0/s1. The summed E-state index contributed by atoms with van der Waals surface area (Å²) >= 11 is 0. The fourth-order valence-corrected chi connectivity index (χ4v) is 9.43. The lowest BCUT2D eigenvalue weighted by Gasteiger charge is -2.32. The molecule has 34 heteroatoms. The Morgan fingerprint density at radius 2 is 1.00 bits per heavy atom. The van der Waals surface area contributed by atoms with Crippen LogP contribution in [0.2, 0.25) is 0 Å². The minimum absolute atomic E-state index is 0.0185. The van der Waals surface area contributed by atoms with Crippen molar-refractivity contribution >= 4 is 88.7 Å². The second-order valence-electron chi connectivity index (χ2n) is 22.7. The minimum Gasteiger partial charge on any atom is -0.508 e. The lowest BCUT2D eigenvalue weighted by molar-refractivity contribution is -0.145. The number of hydrogen-bond acceptors (Lipinski definition) is 19. The number of carbonyl (C=O) groups excluding carboxylic acids is 14. The highest BCUT2D eigenvalue weighted by molar-refractivity contribution is 6.00. The molecule has 22 N–H and O–H groups in total. The van der Waals surface area contributed by atoms with Crippen LogP contribution in [0.4, 0.5) is 0 Å². The van der Waals surface area contributed by atoms with E-state index in [-0.39, 0.29) is 50.1 Å². The molecule has 512 valence electrons. The minimum atomic E-state index is -1.88. The average molecular weight is 1310 g/mol. The molecule has 14 amide bonds. The number of likely N-dealkylation sites (tertiary alicyclic amines) is 1. The van der Waals surface area contributed by atoms with Crippen LogP contribution in [0, 0.1) is 11.8 Å². The smallest absolute Gasteiger partial charge is 0.326 e. The van der Waals surface area contributed by atoms with E-state index in [2.05, 4.69) is 47.9 Å². The van der Waals surface area contributed by atoms with E-state index in [1.165, 1.54) is 50.2 Å². The van der Waals surface area contributed by atoms with Gasteiger partial charge in [0.2, 0.25) is 82.7 Å². The number of rotatable bonds is 38. The second-order valence-corrected chi connectivity index (χ2v) is 22.7. The number of aliphatic hydroxyl groups is 1. The number of carboxylic acids is 1. The largest absolute Gasteiger partial charge is 0.508 e. The molecular formula is C59H87N15O19. The molecule has 0 unspecified atom stereocenters. The summed E-state index contributed by atoms with van der Waals surface area (Å²) in [6, 6.07) is -3.17. The molecule has 1 saturated heterocycles. The Kier molecular flexibility index (Phi) is 31.0. The summed E-state index contributed by atoms with van der Waals surface area (Å²) in [5, 5.41) is 63.7. The Hall–Kier alpha value is -9.99. The van der Waals surface area contributed by atoms with Crippen LogP contribution in [0.15, 0.2) is 48.5 Å². The summed E-state index contributed by atoms with van der Waals surface area (Å²) in [5.41, 5.74) is 22.9. The van der Waals surface area contributed by atoms with Gasteiger partial charge in [-0.1, -0.05) is 64.8 Å². The number of hydrogen-bond donors (Lipinski definition) is 18. The molecule has 1 aliphatic heterocycles. The van der Waals surface area contributed by atoms with E-state index >= 15 is 0 Å². The molecule has 93 heavy (non-hydrogen) atoms. The molecule has 0 spiro atoms. The third kappa shape index (κ3) is 25.7. The summed E-state index contributed by atoms with van der Waals surface area (Å²) in [5.74, 6) is -16.4. The second kappa shape index (κ2) is 37.4. The van der Waals surface area contributed by atoms with Gasteiger partial charge in [0.25, 0.3) is 0 Å². The highest BCUT2D eigenvalue weighted by atomic mass is 16.4. The maximum atomic E-state index is 14.2. The van der Waals surface area contributed by atoms with Crippen LogP contribution in [-0.2, 0) is 84.8 Å². The van der Waals surface area contributed by atoms with E-state index in [1.807, 2.05) is 5.32 Å². The first-order valence-electron chi connectivity index (χ1n) is 30.0. The molecule has 0 aliphatic carbocycles. The zero-order valence-electron chi connectivity index (χ0n) is 52.5. The molecule has 2 aromatic carbocycles. The van der Waals surface area contributed by atoms with Gasteiger partial charge in [-0.3, -0.25) is 67.1 Å². The first-order chi connectivity index (χ1) is 43.6. The Labute approximate surface area is 535 Å². The van der Waals surface area contributed by atoms with Gasteiger partial charge >= 0.3 is 5.97 Å². The van der Waals surface area contributed by atoms with Gasteiger partial charge < -0.3 is 101 Å². The van der Waals surface area contributed by atoms with Crippen molar-refractivity contribution in [3.8, 4) is 11.5 Å². The van der Waals surface area contributed by atoms with Crippen LogP contribution in [0.5, 0.6) is 11.5 Å². The van der Waals surface area contributed by atoms with Crippen LogP contribution in [-0.4, -0.2) is 200 Å². The first-order valence-corrected chi connectivity index (χ1v) is 30.0. The third-order valence-corrected chi connectivity index (χ3v) is 15.2. The van der Waals surface area contributed by atoms with Crippen molar-refractivity contribution in [2.75, 3.05) is 19.6 Å². The van der Waals surface area contributed by atoms with E-state index < -0.39 is 206 Å². The number of aliphatic carboxylic acids is 1. The number of aromatic hydroxyl groups is 2. The lowest BCUT2D eigenvalue weighted by Crippen LogP contribution is -2.61. The van der Waals surface area contributed by atoms with Crippen molar-refractivity contribution in [3.05, 3.63) is 59.7 Å². The van der Waals surface area contributed by atoms with Crippen molar-refractivity contribution in [1.29, 1.82) is 0 Å².